The van der Waals surface area contributed by atoms with Gasteiger partial charge in [-0.05, 0) is 13.8 Å². The van der Waals surface area contributed by atoms with Gasteiger partial charge in [-0.2, -0.15) is 0 Å². The monoisotopic (exact) mass is 298 g/mol. The van der Waals surface area contributed by atoms with E-state index in [-0.39, 0.29) is 23.6 Å². The van der Waals surface area contributed by atoms with Gasteiger partial charge >= 0.3 is 0 Å². The molecule has 8 heteroatoms. The first-order chi connectivity index (χ1) is 9.23. The summed E-state index contributed by atoms with van der Waals surface area (Å²) in [5.41, 5.74) is 5.32. The number of aromatic amines is 1. The molecule has 110 valence electrons. The van der Waals surface area contributed by atoms with E-state index < -0.39 is 0 Å². The third-order valence-electron chi connectivity index (χ3n) is 3.12. The molecule has 1 rings (SSSR count). The number of aromatic nitrogens is 2. The fraction of sp³-hybridized carbons (Fsp3) is 0.500. The molecule has 0 atom stereocenters. The number of carbonyl (C=O) groups excluding carboxylic acids is 1. The van der Waals surface area contributed by atoms with Crippen molar-refractivity contribution in [1.29, 1.82) is 0 Å². The Hall–Kier alpha value is -1.96. The topological polar surface area (TPSA) is 101 Å². The van der Waals surface area contributed by atoms with Crippen LogP contribution < -0.4 is 16.9 Å². The lowest BCUT2D eigenvalue weighted by Gasteiger charge is -2.17. The predicted octanol–water partition coefficient (Wildman–Crippen LogP) is -0.712. The summed E-state index contributed by atoms with van der Waals surface area (Å²) in [6.45, 7) is 3.28. The zero-order valence-electron chi connectivity index (χ0n) is 11.7. The summed E-state index contributed by atoms with van der Waals surface area (Å²) in [4.78, 5) is 37.2. The molecule has 1 aromatic heterocycles. The molecule has 20 heavy (non-hydrogen) atoms. The Morgan fingerprint density at radius 1 is 1.35 bits per heavy atom. The number of hydrogen-bond donors (Lipinski definition) is 2. The van der Waals surface area contributed by atoms with Crippen LogP contribution in [0, 0.1) is 13.8 Å². The maximum atomic E-state index is 11.9. The molecule has 0 fully saturated rings. The van der Waals surface area contributed by atoms with Gasteiger partial charge in [-0.3, -0.25) is 19.5 Å². The molecule has 0 saturated carbocycles. The van der Waals surface area contributed by atoms with E-state index in [1.165, 1.54) is 4.90 Å². The maximum Gasteiger partial charge on any atom is 0.268 e. The number of amides is 1. The Labute approximate surface area is 121 Å². The van der Waals surface area contributed by atoms with Crippen molar-refractivity contribution in [2.45, 2.75) is 26.8 Å². The maximum absolute atomic E-state index is 11.9. The van der Waals surface area contributed by atoms with E-state index >= 15 is 0 Å². The molecule has 0 bridgehead atoms. The normalized spacial score (nSPS) is 10.3. The highest BCUT2D eigenvalue weighted by molar-refractivity contribution is 7.80. The molecule has 1 heterocycles. The van der Waals surface area contributed by atoms with Crippen molar-refractivity contribution in [2.24, 2.45) is 5.73 Å². The van der Waals surface area contributed by atoms with Gasteiger partial charge in [0, 0.05) is 31.1 Å². The largest absolute Gasteiger partial charge is 0.393 e. The second kappa shape index (κ2) is 6.47. The first-order valence-electron chi connectivity index (χ1n) is 6.06. The molecule has 1 amide bonds. The van der Waals surface area contributed by atoms with E-state index in [1.807, 2.05) is 0 Å². The van der Waals surface area contributed by atoms with Gasteiger partial charge in [-0.15, -0.1) is 0 Å². The number of rotatable bonds is 5. The van der Waals surface area contributed by atoms with E-state index in [4.69, 9.17) is 18.0 Å². The highest BCUT2D eigenvalue weighted by Crippen LogP contribution is 1.94. The van der Waals surface area contributed by atoms with Crippen molar-refractivity contribution in [3.05, 3.63) is 31.8 Å². The molecule has 0 aliphatic rings. The first-order valence-corrected chi connectivity index (χ1v) is 6.47. The molecule has 0 radical (unpaired) electrons. The van der Waals surface area contributed by atoms with Gasteiger partial charge in [0.15, 0.2) is 0 Å². The number of carbonyl (C=O) groups is 1. The number of hydrogen-bond acceptors (Lipinski definition) is 4. The highest BCUT2D eigenvalue weighted by atomic mass is 32.1. The van der Waals surface area contributed by atoms with E-state index in [9.17, 15) is 14.4 Å². The quantitative estimate of drug-likeness (QED) is 0.699. The van der Waals surface area contributed by atoms with Crippen LogP contribution in [0.2, 0.25) is 0 Å². The van der Waals surface area contributed by atoms with E-state index in [0.717, 1.165) is 4.68 Å². The molecule has 0 aliphatic carbocycles. The zero-order valence-corrected chi connectivity index (χ0v) is 12.5. The van der Waals surface area contributed by atoms with Gasteiger partial charge in [0.05, 0.1) is 4.99 Å². The number of H-pyrrole nitrogens is 1. The van der Waals surface area contributed by atoms with Gasteiger partial charge in [0.2, 0.25) is 5.91 Å². The first kappa shape index (κ1) is 16.1. The minimum absolute atomic E-state index is 0.219. The fourth-order valence-electron chi connectivity index (χ4n) is 1.56. The number of nitrogens with zero attached hydrogens (tertiary/aromatic N) is 2. The Morgan fingerprint density at radius 2 is 1.95 bits per heavy atom. The van der Waals surface area contributed by atoms with Crippen molar-refractivity contribution in [3.8, 4) is 0 Å². The van der Waals surface area contributed by atoms with E-state index in [0.29, 0.717) is 29.1 Å². The summed E-state index contributed by atoms with van der Waals surface area (Å²) >= 11 is 4.74. The van der Waals surface area contributed by atoms with Crippen molar-refractivity contribution < 1.29 is 4.79 Å². The van der Waals surface area contributed by atoms with Crippen LogP contribution in [0.1, 0.15) is 17.5 Å². The van der Waals surface area contributed by atoms with Crippen LogP contribution in [0.4, 0.5) is 0 Å². The van der Waals surface area contributed by atoms with Crippen LogP contribution in [-0.2, 0) is 11.3 Å². The van der Waals surface area contributed by atoms with Crippen molar-refractivity contribution in [1.82, 2.24) is 14.7 Å². The smallest absolute Gasteiger partial charge is 0.268 e. The third kappa shape index (κ3) is 3.77. The minimum atomic E-state index is -0.377. The van der Waals surface area contributed by atoms with Gasteiger partial charge < -0.3 is 10.6 Å². The average Bonchev–Trinajstić information content (AvgIpc) is 2.39. The summed E-state index contributed by atoms with van der Waals surface area (Å²) in [5, 5.41) is 2.39. The Balaban J connectivity index is 2.89. The van der Waals surface area contributed by atoms with E-state index in [2.05, 4.69) is 5.10 Å². The zero-order chi connectivity index (χ0) is 15.4. The average molecular weight is 298 g/mol. The number of nitrogens with two attached hydrogens (primary N) is 1. The second-order valence-electron chi connectivity index (χ2n) is 4.61. The molecule has 7 nitrogen and oxygen atoms in total. The van der Waals surface area contributed by atoms with Gasteiger partial charge in [-0.1, -0.05) is 12.2 Å². The van der Waals surface area contributed by atoms with Gasteiger partial charge in [0.1, 0.15) is 6.54 Å². The lowest BCUT2D eigenvalue weighted by molar-refractivity contribution is -0.130. The van der Waals surface area contributed by atoms with E-state index in [1.54, 1.807) is 20.9 Å². The molecular weight excluding hydrogens is 280 g/mol. The number of likely N-dealkylation sites (N-methyl/N-ethyl adjacent to an activating group) is 1. The molecular formula is C12H18N4O3S. The summed E-state index contributed by atoms with van der Waals surface area (Å²) in [7, 11) is 1.59. The molecule has 0 spiro atoms. The molecule has 0 aromatic carbocycles. The van der Waals surface area contributed by atoms with Gasteiger partial charge in [-0.25, -0.2) is 4.68 Å². The lowest BCUT2D eigenvalue weighted by atomic mass is 10.2. The molecule has 0 saturated heterocycles. The lowest BCUT2D eigenvalue weighted by Crippen LogP contribution is -2.39. The summed E-state index contributed by atoms with van der Waals surface area (Å²) in [6.07, 6.45) is 0.413. The number of nitrogens with one attached hydrogen (secondary N) is 1. The minimum Gasteiger partial charge on any atom is -0.393 e. The predicted molar refractivity (Wildman–Crippen MR) is 79.8 cm³/mol. The second-order valence-corrected chi connectivity index (χ2v) is 5.14. The van der Waals surface area contributed by atoms with Crippen molar-refractivity contribution >= 4 is 23.1 Å². The molecule has 0 unspecified atom stereocenters. The van der Waals surface area contributed by atoms with Crippen LogP contribution in [0.5, 0.6) is 0 Å². The van der Waals surface area contributed by atoms with Crippen LogP contribution in [0.15, 0.2) is 9.59 Å². The van der Waals surface area contributed by atoms with Crippen LogP contribution >= 0.6 is 12.2 Å². The summed E-state index contributed by atoms with van der Waals surface area (Å²) < 4.78 is 1.02. The molecule has 0 aliphatic heterocycles. The fourth-order valence-corrected chi connectivity index (χ4v) is 1.65. The highest BCUT2D eigenvalue weighted by Gasteiger charge is 2.13. The van der Waals surface area contributed by atoms with Crippen molar-refractivity contribution in [2.75, 3.05) is 13.6 Å². The summed E-state index contributed by atoms with van der Waals surface area (Å²) in [6, 6.07) is 0. The Kier molecular flexibility index (Phi) is 5.20. The number of thiocarbonyl (C=S) groups is 1. The standard InChI is InChI=1S/C12H18N4O3S/c1-7-8(2)12(19)16(14-11(7)18)6-10(17)15(3)5-4-9(13)20/h4-6H2,1-3H3,(H2,13,20)(H,14,18). The van der Waals surface area contributed by atoms with Crippen LogP contribution in [0.25, 0.3) is 0 Å². The summed E-state index contributed by atoms with van der Waals surface area (Å²) in [5.74, 6) is -0.303. The van der Waals surface area contributed by atoms with Crippen LogP contribution in [-0.4, -0.2) is 39.2 Å². The molecule has 1 aromatic rings. The van der Waals surface area contributed by atoms with Gasteiger partial charge in [0.25, 0.3) is 11.1 Å². The third-order valence-corrected chi connectivity index (χ3v) is 3.32. The van der Waals surface area contributed by atoms with Crippen LogP contribution in [0.3, 0.4) is 0 Å². The molecule has 3 N–H and O–H groups in total. The SMILES string of the molecule is Cc1c(C)c(=O)n(CC(=O)N(C)CCC(N)=S)[nH]c1=O. The Morgan fingerprint density at radius 3 is 2.50 bits per heavy atom. The Bertz CT molecular complexity index is 647. The van der Waals surface area contributed by atoms with Crippen molar-refractivity contribution in [3.63, 3.8) is 0 Å².